The van der Waals surface area contributed by atoms with Crippen molar-refractivity contribution in [1.29, 1.82) is 0 Å². The molecule has 1 aliphatic rings. The number of hydrogen-bond acceptors (Lipinski definition) is 2. The topological polar surface area (TPSA) is 15.3 Å². The summed E-state index contributed by atoms with van der Waals surface area (Å²) >= 11 is 5.98. The summed E-state index contributed by atoms with van der Waals surface area (Å²) in [5.74, 6) is -1.24. The van der Waals surface area contributed by atoms with Crippen LogP contribution in [0.1, 0.15) is 20.3 Å². The van der Waals surface area contributed by atoms with Crippen LogP contribution in [0.5, 0.6) is 0 Å². The molecule has 1 fully saturated rings. The number of nitrogens with one attached hydrogen (secondary N) is 1. The van der Waals surface area contributed by atoms with Gasteiger partial charge in [-0.15, -0.1) is 0 Å². The number of anilines is 1. The van der Waals surface area contributed by atoms with Crippen LogP contribution in [0.4, 0.5) is 14.5 Å². The van der Waals surface area contributed by atoms with Crippen molar-refractivity contribution in [2.45, 2.75) is 32.4 Å². The van der Waals surface area contributed by atoms with Gasteiger partial charge >= 0.3 is 0 Å². The Hall–Kier alpha value is -0.870. The third-order valence-corrected chi connectivity index (χ3v) is 3.70. The minimum absolute atomic E-state index is 0.130. The van der Waals surface area contributed by atoms with Crippen molar-refractivity contribution in [3.63, 3.8) is 0 Å². The Morgan fingerprint density at radius 1 is 1.44 bits per heavy atom. The van der Waals surface area contributed by atoms with Crippen LogP contribution in [0.15, 0.2) is 12.1 Å². The molecule has 2 nitrogen and oxygen atoms in total. The molecule has 1 aromatic carbocycles. The molecule has 2 rings (SSSR count). The molecule has 2 unspecified atom stereocenters. The van der Waals surface area contributed by atoms with Crippen LogP contribution in [-0.2, 0) is 0 Å². The van der Waals surface area contributed by atoms with Gasteiger partial charge in [0.2, 0.25) is 0 Å². The molecular formula is C13H17ClF2N2. The Kier molecular flexibility index (Phi) is 4.07. The monoisotopic (exact) mass is 274 g/mol. The fourth-order valence-corrected chi connectivity index (χ4v) is 2.63. The van der Waals surface area contributed by atoms with E-state index in [1.165, 1.54) is 0 Å². The Bertz CT molecular complexity index is 416. The van der Waals surface area contributed by atoms with Crippen LogP contribution < -0.4 is 10.2 Å². The predicted molar refractivity (Wildman–Crippen MR) is 70.3 cm³/mol. The van der Waals surface area contributed by atoms with E-state index in [1.54, 1.807) is 0 Å². The Balaban J connectivity index is 2.34. The van der Waals surface area contributed by atoms with E-state index >= 15 is 0 Å². The molecule has 0 aliphatic carbocycles. The second-order valence-electron chi connectivity index (χ2n) is 4.73. The summed E-state index contributed by atoms with van der Waals surface area (Å²) < 4.78 is 27.0. The Morgan fingerprint density at radius 2 is 2.17 bits per heavy atom. The van der Waals surface area contributed by atoms with Gasteiger partial charge in [0, 0.05) is 31.2 Å². The third-order valence-electron chi connectivity index (χ3n) is 3.41. The molecular weight excluding hydrogens is 258 g/mol. The first-order chi connectivity index (χ1) is 8.52. The normalized spacial score (nSPS) is 24.4. The molecule has 1 aliphatic heterocycles. The highest BCUT2D eigenvalue weighted by molar-refractivity contribution is 6.33. The summed E-state index contributed by atoms with van der Waals surface area (Å²) in [4.78, 5) is 1.92. The minimum atomic E-state index is -0.643. The van der Waals surface area contributed by atoms with Crippen LogP contribution in [0, 0.1) is 11.6 Å². The van der Waals surface area contributed by atoms with E-state index in [1.807, 2.05) is 11.8 Å². The molecule has 0 bridgehead atoms. The Morgan fingerprint density at radius 3 is 2.78 bits per heavy atom. The maximum Gasteiger partial charge on any atom is 0.150 e. The van der Waals surface area contributed by atoms with E-state index in [4.69, 9.17) is 11.6 Å². The average Bonchev–Trinajstić information content (AvgIpc) is 2.30. The SMILES string of the molecule is CCC1CN(c2c(F)cc(F)cc2Cl)C(C)CN1. The second-order valence-corrected chi connectivity index (χ2v) is 5.14. The smallest absolute Gasteiger partial charge is 0.150 e. The van der Waals surface area contributed by atoms with E-state index < -0.39 is 11.6 Å². The van der Waals surface area contributed by atoms with Gasteiger partial charge in [-0.3, -0.25) is 0 Å². The highest BCUT2D eigenvalue weighted by Crippen LogP contribution is 2.32. The van der Waals surface area contributed by atoms with Crippen LogP contribution in [0.25, 0.3) is 0 Å². The molecule has 1 aromatic rings. The van der Waals surface area contributed by atoms with E-state index in [0.717, 1.165) is 25.1 Å². The third kappa shape index (κ3) is 2.59. The zero-order valence-electron chi connectivity index (χ0n) is 10.5. The van der Waals surface area contributed by atoms with Gasteiger partial charge in [-0.25, -0.2) is 8.78 Å². The fraction of sp³-hybridized carbons (Fsp3) is 0.538. The van der Waals surface area contributed by atoms with Crippen molar-refractivity contribution >= 4 is 17.3 Å². The second kappa shape index (κ2) is 5.41. The number of benzene rings is 1. The van der Waals surface area contributed by atoms with Gasteiger partial charge < -0.3 is 10.2 Å². The van der Waals surface area contributed by atoms with Gasteiger partial charge in [-0.2, -0.15) is 0 Å². The number of hydrogen-bond donors (Lipinski definition) is 1. The summed E-state index contributed by atoms with van der Waals surface area (Å²) in [6.07, 6.45) is 0.962. The molecule has 0 radical (unpaired) electrons. The molecule has 100 valence electrons. The van der Waals surface area contributed by atoms with Crippen LogP contribution >= 0.6 is 11.6 Å². The number of rotatable bonds is 2. The van der Waals surface area contributed by atoms with Gasteiger partial charge in [-0.05, 0) is 19.4 Å². The maximum absolute atomic E-state index is 13.9. The molecule has 18 heavy (non-hydrogen) atoms. The van der Waals surface area contributed by atoms with Gasteiger partial charge in [0.15, 0.2) is 5.82 Å². The average molecular weight is 275 g/mol. The lowest BCUT2D eigenvalue weighted by Gasteiger charge is -2.40. The Labute approximate surface area is 111 Å². The summed E-state index contributed by atoms with van der Waals surface area (Å²) in [5.41, 5.74) is 0.311. The van der Waals surface area contributed by atoms with Crippen molar-refractivity contribution in [1.82, 2.24) is 5.32 Å². The van der Waals surface area contributed by atoms with Gasteiger partial charge in [0.1, 0.15) is 5.82 Å². The maximum atomic E-state index is 13.9. The van der Waals surface area contributed by atoms with Crippen molar-refractivity contribution in [2.75, 3.05) is 18.0 Å². The predicted octanol–water partition coefficient (Wildman–Crippen LogP) is 3.19. The molecule has 0 aromatic heterocycles. The first-order valence-electron chi connectivity index (χ1n) is 6.17. The van der Waals surface area contributed by atoms with E-state index in [9.17, 15) is 8.78 Å². The van der Waals surface area contributed by atoms with Crippen LogP contribution in [-0.4, -0.2) is 25.2 Å². The minimum Gasteiger partial charge on any atom is -0.362 e. The van der Waals surface area contributed by atoms with E-state index in [-0.39, 0.29) is 11.1 Å². The molecule has 1 N–H and O–H groups in total. The molecule has 0 saturated carbocycles. The summed E-state index contributed by atoms with van der Waals surface area (Å²) in [5, 5.41) is 3.52. The molecule has 0 amide bonds. The first-order valence-corrected chi connectivity index (χ1v) is 6.55. The fourth-order valence-electron chi connectivity index (χ4n) is 2.32. The van der Waals surface area contributed by atoms with Crippen LogP contribution in [0.2, 0.25) is 5.02 Å². The summed E-state index contributed by atoms with van der Waals surface area (Å²) in [7, 11) is 0. The quantitative estimate of drug-likeness (QED) is 0.891. The van der Waals surface area contributed by atoms with E-state index in [0.29, 0.717) is 18.3 Å². The highest BCUT2D eigenvalue weighted by Gasteiger charge is 2.27. The molecule has 1 saturated heterocycles. The van der Waals surface area contributed by atoms with Crippen LogP contribution in [0.3, 0.4) is 0 Å². The number of piperazine rings is 1. The number of halogens is 3. The lowest BCUT2D eigenvalue weighted by molar-refractivity contribution is 0.393. The van der Waals surface area contributed by atoms with Crippen molar-refractivity contribution in [3.8, 4) is 0 Å². The van der Waals surface area contributed by atoms with Crippen molar-refractivity contribution < 1.29 is 8.78 Å². The molecule has 2 atom stereocenters. The van der Waals surface area contributed by atoms with Crippen molar-refractivity contribution in [3.05, 3.63) is 28.8 Å². The number of nitrogens with zero attached hydrogens (tertiary/aromatic N) is 1. The zero-order valence-corrected chi connectivity index (χ0v) is 11.3. The largest absolute Gasteiger partial charge is 0.362 e. The molecule has 5 heteroatoms. The highest BCUT2D eigenvalue weighted by atomic mass is 35.5. The molecule has 1 heterocycles. The van der Waals surface area contributed by atoms with E-state index in [2.05, 4.69) is 12.2 Å². The van der Waals surface area contributed by atoms with Gasteiger partial charge in [0.05, 0.1) is 10.7 Å². The van der Waals surface area contributed by atoms with Gasteiger partial charge in [-0.1, -0.05) is 18.5 Å². The standard InChI is InChI=1S/C13H17ClF2N2/c1-3-10-7-18(8(2)6-17-10)13-11(14)4-9(15)5-12(13)16/h4-5,8,10,17H,3,6-7H2,1-2H3. The van der Waals surface area contributed by atoms with Gasteiger partial charge in [0.25, 0.3) is 0 Å². The molecule has 0 spiro atoms. The summed E-state index contributed by atoms with van der Waals surface area (Å²) in [6, 6.07) is 2.49. The lowest BCUT2D eigenvalue weighted by atomic mass is 10.1. The zero-order chi connectivity index (χ0) is 13.3. The summed E-state index contributed by atoms with van der Waals surface area (Å²) in [6.45, 7) is 5.53. The van der Waals surface area contributed by atoms with Crippen molar-refractivity contribution in [2.24, 2.45) is 0 Å². The first kappa shape index (κ1) is 13.6. The lowest BCUT2D eigenvalue weighted by Crippen LogP contribution is -2.55.